The molecule has 0 bridgehead atoms. The summed E-state index contributed by atoms with van der Waals surface area (Å²) in [7, 11) is 0. The molecule has 1 rings (SSSR count). The number of nitrogens with one attached hydrogen (secondary N) is 2. The number of thiazole rings is 1. The quantitative estimate of drug-likeness (QED) is 0.676. The van der Waals surface area contributed by atoms with Crippen LogP contribution in [0, 0.1) is 0 Å². The summed E-state index contributed by atoms with van der Waals surface area (Å²) in [6.45, 7) is 7.45. The first-order valence-corrected chi connectivity index (χ1v) is 6.02. The number of hydrogen-bond acceptors (Lipinski definition) is 4. The van der Waals surface area contributed by atoms with Crippen molar-refractivity contribution in [3.8, 4) is 0 Å². The fourth-order valence-electron chi connectivity index (χ4n) is 1.17. The first-order chi connectivity index (χ1) is 6.83. The van der Waals surface area contributed by atoms with E-state index in [-0.39, 0.29) is 0 Å². The third kappa shape index (κ3) is 4.69. The van der Waals surface area contributed by atoms with Crippen LogP contribution in [0.1, 0.15) is 25.1 Å². The Morgan fingerprint density at radius 3 is 3.07 bits per heavy atom. The van der Waals surface area contributed by atoms with Crippen molar-refractivity contribution in [3.05, 3.63) is 16.6 Å². The van der Waals surface area contributed by atoms with Crippen LogP contribution >= 0.6 is 11.3 Å². The van der Waals surface area contributed by atoms with E-state index in [1.807, 2.05) is 11.7 Å². The number of nitrogens with zero attached hydrogens (tertiary/aromatic N) is 1. The molecule has 1 unspecified atom stereocenters. The van der Waals surface area contributed by atoms with Gasteiger partial charge in [0, 0.05) is 30.2 Å². The monoisotopic (exact) mass is 213 g/mol. The van der Waals surface area contributed by atoms with E-state index < -0.39 is 0 Å². The van der Waals surface area contributed by atoms with E-state index in [0.29, 0.717) is 6.04 Å². The van der Waals surface area contributed by atoms with Gasteiger partial charge in [-0.3, -0.25) is 4.98 Å². The molecule has 14 heavy (non-hydrogen) atoms. The molecule has 1 aromatic heterocycles. The Morgan fingerprint density at radius 1 is 1.57 bits per heavy atom. The van der Waals surface area contributed by atoms with Crippen LogP contribution in [0.5, 0.6) is 0 Å². The molecular formula is C10H19N3S. The molecule has 0 aliphatic heterocycles. The highest BCUT2D eigenvalue weighted by molar-refractivity contribution is 7.09. The maximum Gasteiger partial charge on any atom is 0.0794 e. The van der Waals surface area contributed by atoms with E-state index in [0.717, 1.165) is 19.6 Å². The summed E-state index contributed by atoms with van der Waals surface area (Å²) in [4.78, 5) is 5.34. The van der Waals surface area contributed by atoms with Crippen LogP contribution in [0.25, 0.3) is 0 Å². The van der Waals surface area contributed by atoms with Gasteiger partial charge in [-0.25, -0.2) is 0 Å². The molecule has 3 nitrogen and oxygen atoms in total. The topological polar surface area (TPSA) is 37.0 Å². The first-order valence-electron chi connectivity index (χ1n) is 5.14. The summed E-state index contributed by atoms with van der Waals surface area (Å²) in [5.74, 6) is 0. The van der Waals surface area contributed by atoms with Gasteiger partial charge in [0.25, 0.3) is 0 Å². The molecule has 0 amide bonds. The van der Waals surface area contributed by atoms with Crippen LogP contribution in [-0.2, 0) is 6.54 Å². The van der Waals surface area contributed by atoms with Gasteiger partial charge in [0.2, 0.25) is 0 Å². The Balaban J connectivity index is 2.06. The van der Waals surface area contributed by atoms with E-state index in [4.69, 9.17) is 0 Å². The van der Waals surface area contributed by atoms with Gasteiger partial charge < -0.3 is 10.6 Å². The molecule has 2 N–H and O–H groups in total. The lowest BCUT2D eigenvalue weighted by Crippen LogP contribution is -2.36. The minimum absolute atomic E-state index is 0.517. The van der Waals surface area contributed by atoms with Crippen molar-refractivity contribution >= 4 is 11.3 Å². The SMILES string of the molecule is CCCNCC(C)NCc1cncs1. The zero-order valence-corrected chi connectivity index (χ0v) is 9.73. The van der Waals surface area contributed by atoms with Crippen LogP contribution < -0.4 is 10.6 Å². The lowest BCUT2D eigenvalue weighted by atomic mass is 10.3. The fourth-order valence-corrected chi connectivity index (χ4v) is 1.72. The van der Waals surface area contributed by atoms with Gasteiger partial charge in [0.1, 0.15) is 0 Å². The molecule has 1 atom stereocenters. The number of hydrogen-bond donors (Lipinski definition) is 2. The highest BCUT2D eigenvalue weighted by atomic mass is 32.1. The number of aromatic nitrogens is 1. The Bertz CT molecular complexity index is 223. The molecule has 1 heterocycles. The van der Waals surface area contributed by atoms with E-state index >= 15 is 0 Å². The van der Waals surface area contributed by atoms with Gasteiger partial charge in [0.15, 0.2) is 0 Å². The van der Waals surface area contributed by atoms with Crippen molar-refractivity contribution in [2.45, 2.75) is 32.9 Å². The molecule has 0 spiro atoms. The first kappa shape index (κ1) is 11.6. The zero-order chi connectivity index (χ0) is 10.2. The summed E-state index contributed by atoms with van der Waals surface area (Å²) in [5, 5.41) is 6.84. The molecule has 0 aliphatic rings. The largest absolute Gasteiger partial charge is 0.315 e. The third-order valence-electron chi connectivity index (χ3n) is 1.99. The smallest absolute Gasteiger partial charge is 0.0794 e. The molecule has 0 aliphatic carbocycles. The Morgan fingerprint density at radius 2 is 2.43 bits per heavy atom. The van der Waals surface area contributed by atoms with Crippen LogP contribution in [-0.4, -0.2) is 24.1 Å². The standard InChI is InChI=1S/C10H19N3S/c1-3-4-11-5-9(2)13-7-10-6-12-8-14-10/h6,8-9,11,13H,3-5,7H2,1-2H3. The van der Waals surface area contributed by atoms with Gasteiger partial charge in [-0.15, -0.1) is 11.3 Å². The van der Waals surface area contributed by atoms with E-state index in [2.05, 4.69) is 29.5 Å². The second-order valence-electron chi connectivity index (χ2n) is 3.45. The lowest BCUT2D eigenvalue weighted by molar-refractivity contribution is 0.503. The fraction of sp³-hybridized carbons (Fsp3) is 0.700. The lowest BCUT2D eigenvalue weighted by Gasteiger charge is -2.13. The minimum atomic E-state index is 0.517. The van der Waals surface area contributed by atoms with Gasteiger partial charge in [-0.1, -0.05) is 6.92 Å². The van der Waals surface area contributed by atoms with E-state index in [9.17, 15) is 0 Å². The van der Waals surface area contributed by atoms with Gasteiger partial charge in [-0.05, 0) is 19.9 Å². The van der Waals surface area contributed by atoms with Gasteiger partial charge in [-0.2, -0.15) is 0 Å². The predicted molar refractivity (Wildman–Crippen MR) is 61.6 cm³/mol. The third-order valence-corrected chi connectivity index (χ3v) is 2.77. The van der Waals surface area contributed by atoms with Gasteiger partial charge >= 0.3 is 0 Å². The van der Waals surface area contributed by atoms with Crippen molar-refractivity contribution in [2.75, 3.05) is 13.1 Å². The predicted octanol–water partition coefficient (Wildman–Crippen LogP) is 1.62. The minimum Gasteiger partial charge on any atom is -0.315 e. The molecule has 0 aromatic carbocycles. The van der Waals surface area contributed by atoms with Crippen LogP contribution in [0.15, 0.2) is 11.7 Å². The Labute approximate surface area is 89.9 Å². The van der Waals surface area contributed by atoms with Crippen molar-refractivity contribution in [1.29, 1.82) is 0 Å². The molecule has 0 radical (unpaired) electrons. The summed E-state index contributed by atoms with van der Waals surface area (Å²) < 4.78 is 0. The Hall–Kier alpha value is -0.450. The summed E-state index contributed by atoms with van der Waals surface area (Å²) in [6, 6.07) is 0.517. The maximum atomic E-state index is 4.04. The second-order valence-corrected chi connectivity index (χ2v) is 4.42. The molecule has 80 valence electrons. The number of rotatable bonds is 7. The van der Waals surface area contributed by atoms with Crippen molar-refractivity contribution in [3.63, 3.8) is 0 Å². The normalized spacial score (nSPS) is 13.0. The highest BCUT2D eigenvalue weighted by Gasteiger charge is 2.00. The second kappa shape index (κ2) is 6.92. The average molecular weight is 213 g/mol. The average Bonchev–Trinajstić information content (AvgIpc) is 2.68. The summed E-state index contributed by atoms with van der Waals surface area (Å²) >= 11 is 1.70. The van der Waals surface area contributed by atoms with Crippen molar-refractivity contribution < 1.29 is 0 Å². The highest BCUT2D eigenvalue weighted by Crippen LogP contribution is 2.04. The molecular weight excluding hydrogens is 194 g/mol. The van der Waals surface area contributed by atoms with Crippen LogP contribution in [0.3, 0.4) is 0 Å². The summed E-state index contributed by atoms with van der Waals surface area (Å²) in [6.07, 6.45) is 3.12. The molecule has 1 aromatic rings. The molecule has 0 saturated carbocycles. The van der Waals surface area contributed by atoms with Crippen LogP contribution in [0.4, 0.5) is 0 Å². The molecule has 0 saturated heterocycles. The molecule has 0 fully saturated rings. The maximum absolute atomic E-state index is 4.04. The van der Waals surface area contributed by atoms with Crippen molar-refractivity contribution in [2.24, 2.45) is 0 Å². The molecule has 4 heteroatoms. The van der Waals surface area contributed by atoms with Gasteiger partial charge in [0.05, 0.1) is 5.51 Å². The van der Waals surface area contributed by atoms with Crippen molar-refractivity contribution in [1.82, 2.24) is 15.6 Å². The Kier molecular flexibility index (Phi) is 5.75. The van der Waals surface area contributed by atoms with E-state index in [1.54, 1.807) is 11.3 Å². The van der Waals surface area contributed by atoms with Crippen LogP contribution in [0.2, 0.25) is 0 Å². The van der Waals surface area contributed by atoms with E-state index in [1.165, 1.54) is 11.3 Å². The zero-order valence-electron chi connectivity index (χ0n) is 8.92. The summed E-state index contributed by atoms with van der Waals surface area (Å²) in [5.41, 5.74) is 1.87.